The van der Waals surface area contributed by atoms with Gasteiger partial charge in [0.25, 0.3) is 0 Å². The number of hydrogen-bond donors (Lipinski definition) is 0. The van der Waals surface area contributed by atoms with Gasteiger partial charge in [0, 0.05) is 12.5 Å². The van der Waals surface area contributed by atoms with Crippen molar-refractivity contribution in [3.05, 3.63) is 71.8 Å². The maximum Gasteiger partial charge on any atom is 0.323 e. The smallest absolute Gasteiger partial charge is 0.323 e. The number of benzene rings is 2. The van der Waals surface area contributed by atoms with Gasteiger partial charge in [-0.2, -0.15) is 0 Å². The average molecular weight is 311 g/mol. The Labute approximate surface area is 138 Å². The molecule has 0 aromatic heterocycles. The first-order chi connectivity index (χ1) is 11.1. The van der Waals surface area contributed by atoms with Crippen LogP contribution in [0.1, 0.15) is 30.9 Å². The van der Waals surface area contributed by atoms with Crippen molar-refractivity contribution in [1.29, 1.82) is 0 Å². The number of ether oxygens (including phenoxy) is 1. The van der Waals surface area contributed by atoms with E-state index < -0.39 is 0 Å². The van der Waals surface area contributed by atoms with Gasteiger partial charge in [0.15, 0.2) is 0 Å². The monoisotopic (exact) mass is 311 g/mol. The first-order valence-corrected chi connectivity index (χ1v) is 8.09. The summed E-state index contributed by atoms with van der Waals surface area (Å²) >= 11 is 0. The van der Waals surface area contributed by atoms with Gasteiger partial charge in [-0.25, -0.2) is 0 Å². The largest absolute Gasteiger partial charge is 0.465 e. The number of likely N-dealkylation sites (N-methyl/N-ethyl adjacent to an activating group) is 1. The minimum atomic E-state index is -0.308. The van der Waals surface area contributed by atoms with E-state index >= 15 is 0 Å². The Balaban J connectivity index is 2.21. The van der Waals surface area contributed by atoms with E-state index in [9.17, 15) is 4.79 Å². The van der Waals surface area contributed by atoms with Gasteiger partial charge in [-0.1, -0.05) is 67.6 Å². The van der Waals surface area contributed by atoms with Gasteiger partial charge in [0.1, 0.15) is 6.04 Å². The van der Waals surface area contributed by atoms with Crippen LogP contribution in [-0.2, 0) is 16.1 Å². The number of carbonyl (C=O) groups is 1. The predicted molar refractivity (Wildman–Crippen MR) is 93.2 cm³/mol. The highest BCUT2D eigenvalue weighted by Crippen LogP contribution is 2.24. The van der Waals surface area contributed by atoms with Gasteiger partial charge in [0.05, 0.1) is 6.61 Å². The Morgan fingerprint density at radius 3 is 2.17 bits per heavy atom. The molecule has 0 aliphatic heterocycles. The van der Waals surface area contributed by atoms with Gasteiger partial charge in [0.2, 0.25) is 0 Å². The fourth-order valence-electron chi connectivity index (χ4n) is 2.90. The number of hydrogen-bond acceptors (Lipinski definition) is 3. The lowest BCUT2D eigenvalue weighted by molar-refractivity contribution is -0.150. The van der Waals surface area contributed by atoms with Crippen LogP contribution in [0.5, 0.6) is 0 Å². The van der Waals surface area contributed by atoms with Crippen LogP contribution in [0, 0.1) is 0 Å². The Morgan fingerprint density at radius 2 is 1.61 bits per heavy atom. The molecule has 3 nitrogen and oxygen atoms in total. The first-order valence-electron chi connectivity index (χ1n) is 8.09. The molecule has 0 heterocycles. The second-order valence-electron chi connectivity index (χ2n) is 5.80. The molecule has 0 N–H and O–H groups in total. The van der Waals surface area contributed by atoms with Crippen LogP contribution in [0.3, 0.4) is 0 Å². The van der Waals surface area contributed by atoms with Crippen molar-refractivity contribution in [2.75, 3.05) is 13.7 Å². The molecule has 122 valence electrons. The molecule has 0 saturated carbocycles. The zero-order valence-corrected chi connectivity index (χ0v) is 14.1. The van der Waals surface area contributed by atoms with Crippen molar-refractivity contribution in [3.63, 3.8) is 0 Å². The molecule has 0 radical (unpaired) electrons. The minimum Gasteiger partial charge on any atom is -0.465 e. The van der Waals surface area contributed by atoms with Gasteiger partial charge >= 0.3 is 5.97 Å². The molecule has 0 amide bonds. The summed E-state index contributed by atoms with van der Waals surface area (Å²) in [7, 11) is 1.98. The fourth-order valence-corrected chi connectivity index (χ4v) is 2.90. The first kappa shape index (κ1) is 17.2. The van der Waals surface area contributed by atoms with Crippen LogP contribution in [0.25, 0.3) is 0 Å². The molecule has 2 aromatic carbocycles. The normalized spacial score (nSPS) is 13.6. The van der Waals surface area contributed by atoms with Crippen LogP contribution in [0.15, 0.2) is 60.7 Å². The molecule has 23 heavy (non-hydrogen) atoms. The molecule has 2 atom stereocenters. The van der Waals surface area contributed by atoms with E-state index in [0.717, 1.165) is 5.56 Å². The van der Waals surface area contributed by atoms with Gasteiger partial charge in [-0.05, 0) is 25.1 Å². The summed E-state index contributed by atoms with van der Waals surface area (Å²) in [4.78, 5) is 14.6. The Bertz CT molecular complexity index is 598. The fraction of sp³-hybridized carbons (Fsp3) is 0.350. The van der Waals surface area contributed by atoms with Crippen LogP contribution in [-0.4, -0.2) is 30.6 Å². The average Bonchev–Trinajstić information content (AvgIpc) is 2.57. The summed E-state index contributed by atoms with van der Waals surface area (Å²) in [6.07, 6.45) is 0. The Kier molecular flexibility index (Phi) is 6.36. The zero-order chi connectivity index (χ0) is 16.7. The molecular formula is C20H25NO2. The summed E-state index contributed by atoms with van der Waals surface area (Å²) in [6, 6.07) is 20.0. The molecule has 3 heteroatoms. The molecule has 0 spiro atoms. The second-order valence-corrected chi connectivity index (χ2v) is 5.80. The summed E-state index contributed by atoms with van der Waals surface area (Å²) in [5, 5.41) is 0. The topological polar surface area (TPSA) is 29.5 Å². The molecule has 0 bridgehead atoms. The number of nitrogens with zero attached hydrogens (tertiary/aromatic N) is 1. The SMILES string of the molecule is CCOC(=O)[C@@H]([C@@H](C)c1ccccc1)N(C)Cc1ccccc1. The zero-order valence-electron chi connectivity index (χ0n) is 14.1. The van der Waals surface area contributed by atoms with Crippen molar-refractivity contribution in [3.8, 4) is 0 Å². The van der Waals surface area contributed by atoms with E-state index in [-0.39, 0.29) is 17.9 Å². The van der Waals surface area contributed by atoms with Crippen molar-refractivity contribution in [1.82, 2.24) is 4.90 Å². The van der Waals surface area contributed by atoms with Crippen molar-refractivity contribution >= 4 is 5.97 Å². The van der Waals surface area contributed by atoms with Crippen LogP contribution >= 0.6 is 0 Å². The van der Waals surface area contributed by atoms with E-state index in [2.05, 4.69) is 36.1 Å². The van der Waals surface area contributed by atoms with Gasteiger partial charge < -0.3 is 4.74 Å². The highest BCUT2D eigenvalue weighted by molar-refractivity contribution is 5.77. The Hall–Kier alpha value is -2.13. The van der Waals surface area contributed by atoms with Crippen molar-refractivity contribution in [2.45, 2.75) is 32.4 Å². The van der Waals surface area contributed by atoms with E-state index in [1.165, 1.54) is 5.56 Å². The molecule has 2 rings (SSSR count). The highest BCUT2D eigenvalue weighted by Gasteiger charge is 2.31. The molecule has 0 aliphatic rings. The maximum absolute atomic E-state index is 12.5. The minimum absolute atomic E-state index is 0.0592. The van der Waals surface area contributed by atoms with Gasteiger partial charge in [-0.3, -0.25) is 9.69 Å². The van der Waals surface area contributed by atoms with E-state index in [4.69, 9.17) is 4.74 Å². The molecule has 0 fully saturated rings. The summed E-state index contributed by atoms with van der Waals surface area (Å²) in [6.45, 7) is 5.04. The quantitative estimate of drug-likeness (QED) is 0.727. The third-order valence-corrected chi connectivity index (χ3v) is 4.08. The third-order valence-electron chi connectivity index (χ3n) is 4.08. The molecule has 2 aromatic rings. The third kappa shape index (κ3) is 4.67. The van der Waals surface area contributed by atoms with E-state index in [1.807, 2.05) is 50.4 Å². The summed E-state index contributed by atoms with van der Waals surface area (Å²) in [5.41, 5.74) is 2.33. The lowest BCUT2D eigenvalue weighted by atomic mass is 9.92. The molecular weight excluding hydrogens is 286 g/mol. The van der Waals surface area contributed by atoms with E-state index in [1.54, 1.807) is 0 Å². The second kappa shape index (κ2) is 8.49. The standard InChI is InChI=1S/C20H25NO2/c1-4-23-20(22)19(16(2)18-13-9-6-10-14-18)21(3)15-17-11-7-5-8-12-17/h5-14,16,19H,4,15H2,1-3H3/t16-,19+/m0/s1. The molecule has 0 saturated heterocycles. The van der Waals surface area contributed by atoms with Crippen LogP contribution < -0.4 is 0 Å². The van der Waals surface area contributed by atoms with E-state index in [0.29, 0.717) is 13.2 Å². The highest BCUT2D eigenvalue weighted by atomic mass is 16.5. The van der Waals surface area contributed by atoms with Crippen LogP contribution in [0.4, 0.5) is 0 Å². The van der Waals surface area contributed by atoms with Crippen molar-refractivity contribution < 1.29 is 9.53 Å². The predicted octanol–water partition coefficient (Wildman–Crippen LogP) is 3.85. The van der Waals surface area contributed by atoms with Crippen LogP contribution in [0.2, 0.25) is 0 Å². The maximum atomic E-state index is 12.5. The summed E-state index contributed by atoms with van der Waals surface area (Å²) in [5.74, 6) is -0.105. The molecule has 0 unspecified atom stereocenters. The molecule has 0 aliphatic carbocycles. The number of esters is 1. The lowest BCUT2D eigenvalue weighted by Gasteiger charge is -2.31. The lowest BCUT2D eigenvalue weighted by Crippen LogP contribution is -2.43. The van der Waals surface area contributed by atoms with Crippen molar-refractivity contribution in [2.24, 2.45) is 0 Å². The summed E-state index contributed by atoms with van der Waals surface area (Å²) < 4.78 is 5.32. The number of rotatable bonds is 7. The number of carbonyl (C=O) groups excluding carboxylic acids is 1. The van der Waals surface area contributed by atoms with Gasteiger partial charge in [-0.15, -0.1) is 0 Å². The Morgan fingerprint density at radius 1 is 1.04 bits per heavy atom.